The number of rotatable bonds is 4. The molecule has 1 aromatic heterocycles. The average molecular weight is 251 g/mol. The number of hydrogen-bond acceptors (Lipinski definition) is 6. The molecule has 1 N–H and O–H groups in total. The lowest BCUT2D eigenvalue weighted by Gasteiger charge is -2.17. The minimum absolute atomic E-state index is 0.195. The Morgan fingerprint density at radius 2 is 1.80 bits per heavy atom. The van der Waals surface area contributed by atoms with Crippen LogP contribution in [-0.2, 0) is 25.5 Å². The van der Waals surface area contributed by atoms with Crippen molar-refractivity contribution in [1.29, 1.82) is 0 Å². The SMILES string of the molecule is O=[SH](=O)C(CO)(c1ccccn1)[SH](=O)=O. The highest BCUT2D eigenvalue weighted by atomic mass is 32.2. The van der Waals surface area contributed by atoms with E-state index in [4.69, 9.17) is 5.11 Å². The van der Waals surface area contributed by atoms with Gasteiger partial charge >= 0.3 is 0 Å². The second kappa shape index (κ2) is 4.69. The normalized spacial score (nSPS) is 12.2. The molecule has 0 spiro atoms. The highest BCUT2D eigenvalue weighted by Crippen LogP contribution is 2.23. The van der Waals surface area contributed by atoms with E-state index in [-0.39, 0.29) is 5.69 Å². The molecule has 0 bridgehead atoms. The first-order valence-electron chi connectivity index (χ1n) is 3.87. The van der Waals surface area contributed by atoms with E-state index in [0.29, 0.717) is 0 Å². The molecule has 0 fully saturated rings. The second-order valence-electron chi connectivity index (χ2n) is 2.70. The summed E-state index contributed by atoms with van der Waals surface area (Å²) < 4.78 is 41.5. The summed E-state index contributed by atoms with van der Waals surface area (Å²) in [5.74, 6) is 0. The van der Waals surface area contributed by atoms with Gasteiger partial charge in [-0.05, 0) is 12.1 Å². The Hall–Kier alpha value is -0.990. The quantitative estimate of drug-likeness (QED) is 0.560. The van der Waals surface area contributed by atoms with E-state index >= 15 is 0 Å². The van der Waals surface area contributed by atoms with Crippen LogP contribution in [0.1, 0.15) is 5.69 Å². The summed E-state index contributed by atoms with van der Waals surface area (Å²) in [5.41, 5.74) is -0.195. The lowest BCUT2D eigenvalue weighted by Crippen LogP contribution is -2.34. The Balaban J connectivity index is 3.49. The van der Waals surface area contributed by atoms with Crippen LogP contribution >= 0.6 is 0 Å². The molecular weight excluding hydrogens is 242 g/mol. The molecule has 0 atom stereocenters. The molecular formula is C7H9NO5S2. The molecule has 1 heterocycles. The summed E-state index contributed by atoms with van der Waals surface area (Å²) in [5, 5.41) is 8.96. The highest BCUT2D eigenvalue weighted by molar-refractivity contribution is 7.92. The molecule has 0 saturated carbocycles. The first-order chi connectivity index (χ1) is 7.05. The molecule has 6 nitrogen and oxygen atoms in total. The lowest BCUT2D eigenvalue weighted by molar-refractivity contribution is 0.276. The molecule has 0 aromatic carbocycles. The fraction of sp³-hybridized carbons (Fsp3) is 0.286. The van der Waals surface area contributed by atoms with Crippen LogP contribution in [0.3, 0.4) is 0 Å². The van der Waals surface area contributed by atoms with Crippen LogP contribution in [0.5, 0.6) is 0 Å². The van der Waals surface area contributed by atoms with Crippen molar-refractivity contribution in [1.82, 2.24) is 4.98 Å². The van der Waals surface area contributed by atoms with E-state index in [0.717, 1.165) is 0 Å². The third-order valence-electron chi connectivity index (χ3n) is 1.90. The Bertz CT molecular complexity index is 441. The van der Waals surface area contributed by atoms with Crippen molar-refractivity contribution in [3.05, 3.63) is 30.1 Å². The third-order valence-corrected chi connectivity index (χ3v) is 4.83. The Morgan fingerprint density at radius 3 is 2.13 bits per heavy atom. The number of aliphatic hydroxyl groups excluding tert-OH is 1. The summed E-state index contributed by atoms with van der Waals surface area (Å²) >= 11 is 0. The molecule has 0 amide bonds. The van der Waals surface area contributed by atoms with E-state index in [1.54, 1.807) is 0 Å². The Labute approximate surface area is 89.5 Å². The maximum Gasteiger partial charge on any atom is 0.232 e. The zero-order valence-corrected chi connectivity index (χ0v) is 9.23. The van der Waals surface area contributed by atoms with Crippen LogP contribution in [0.15, 0.2) is 24.4 Å². The molecule has 0 aliphatic rings. The molecule has 0 unspecified atom stereocenters. The molecule has 8 heteroatoms. The summed E-state index contributed by atoms with van der Waals surface area (Å²) in [7, 11) is -6.75. The van der Waals surface area contributed by atoms with E-state index in [1.807, 2.05) is 0 Å². The molecule has 1 rings (SSSR count). The molecule has 15 heavy (non-hydrogen) atoms. The van der Waals surface area contributed by atoms with Crippen molar-refractivity contribution in [3.63, 3.8) is 0 Å². The van der Waals surface area contributed by atoms with Gasteiger partial charge < -0.3 is 5.11 Å². The molecule has 0 aliphatic heterocycles. The fourth-order valence-electron chi connectivity index (χ4n) is 1.05. The predicted molar refractivity (Wildman–Crippen MR) is 53.6 cm³/mol. The molecule has 84 valence electrons. The van der Waals surface area contributed by atoms with Crippen molar-refractivity contribution in [2.75, 3.05) is 6.61 Å². The highest BCUT2D eigenvalue weighted by Gasteiger charge is 2.41. The van der Waals surface area contributed by atoms with Crippen LogP contribution in [0.25, 0.3) is 0 Å². The summed E-state index contributed by atoms with van der Waals surface area (Å²) in [6.07, 6.45) is 1.26. The van der Waals surface area contributed by atoms with Gasteiger partial charge in [-0.2, -0.15) is 0 Å². The smallest absolute Gasteiger partial charge is 0.232 e. The maximum atomic E-state index is 10.9. The zero-order valence-electron chi connectivity index (χ0n) is 7.44. The maximum absolute atomic E-state index is 10.9. The van der Waals surface area contributed by atoms with Gasteiger partial charge in [-0.1, -0.05) is 6.07 Å². The third kappa shape index (κ3) is 2.01. The van der Waals surface area contributed by atoms with Gasteiger partial charge in [0, 0.05) is 6.20 Å². The van der Waals surface area contributed by atoms with Crippen LogP contribution in [-0.4, -0.2) is 33.5 Å². The summed E-state index contributed by atoms with van der Waals surface area (Å²) in [6.45, 7) is -1.04. The van der Waals surface area contributed by atoms with Gasteiger partial charge in [0.25, 0.3) is 0 Å². The number of aliphatic hydroxyl groups is 1. The van der Waals surface area contributed by atoms with Gasteiger partial charge in [0.05, 0.1) is 12.3 Å². The van der Waals surface area contributed by atoms with Gasteiger partial charge in [0.1, 0.15) is 0 Å². The van der Waals surface area contributed by atoms with Crippen molar-refractivity contribution < 1.29 is 21.9 Å². The van der Waals surface area contributed by atoms with Crippen molar-refractivity contribution in [2.45, 2.75) is 4.08 Å². The van der Waals surface area contributed by atoms with Crippen molar-refractivity contribution >= 4 is 21.4 Å². The van der Waals surface area contributed by atoms with Gasteiger partial charge in [0.15, 0.2) is 21.4 Å². The lowest BCUT2D eigenvalue weighted by atomic mass is 10.3. The number of aromatic nitrogens is 1. The van der Waals surface area contributed by atoms with E-state index in [2.05, 4.69) is 4.98 Å². The second-order valence-corrected chi connectivity index (χ2v) is 5.61. The monoisotopic (exact) mass is 251 g/mol. The van der Waals surface area contributed by atoms with Crippen molar-refractivity contribution in [2.24, 2.45) is 0 Å². The van der Waals surface area contributed by atoms with E-state index in [9.17, 15) is 16.8 Å². The van der Waals surface area contributed by atoms with Crippen LogP contribution < -0.4 is 0 Å². The first-order valence-corrected chi connectivity index (χ1v) is 6.22. The fourth-order valence-corrected chi connectivity index (χ4v) is 2.45. The minimum Gasteiger partial charge on any atom is -0.393 e. The van der Waals surface area contributed by atoms with Gasteiger partial charge in [-0.25, -0.2) is 16.8 Å². The molecule has 0 aliphatic carbocycles. The number of pyridine rings is 1. The van der Waals surface area contributed by atoms with Crippen LogP contribution in [0.4, 0.5) is 0 Å². The summed E-state index contributed by atoms with van der Waals surface area (Å²) in [6, 6.07) is 4.21. The Kier molecular flexibility index (Phi) is 3.77. The van der Waals surface area contributed by atoms with Crippen LogP contribution in [0.2, 0.25) is 0 Å². The van der Waals surface area contributed by atoms with E-state index in [1.165, 1.54) is 24.4 Å². The largest absolute Gasteiger partial charge is 0.393 e. The van der Waals surface area contributed by atoms with Crippen molar-refractivity contribution in [3.8, 4) is 0 Å². The Morgan fingerprint density at radius 1 is 1.20 bits per heavy atom. The predicted octanol–water partition coefficient (Wildman–Crippen LogP) is -1.55. The number of nitrogens with zero attached hydrogens (tertiary/aromatic N) is 1. The zero-order chi connectivity index (χ0) is 11.5. The van der Waals surface area contributed by atoms with Gasteiger partial charge in [-0.15, -0.1) is 0 Å². The number of hydrogen-bond donors (Lipinski definition) is 3. The van der Waals surface area contributed by atoms with Crippen LogP contribution in [0, 0.1) is 0 Å². The minimum atomic E-state index is -3.37. The molecule has 1 aromatic rings. The molecule has 0 saturated heterocycles. The standard InChI is InChI=1S/C7H9NO5S2/c9-5-7(14(10)11,15(12)13)6-3-1-2-4-8-6/h1-4,9,14-15H,5H2. The van der Waals surface area contributed by atoms with E-state index < -0.39 is 32.1 Å². The van der Waals surface area contributed by atoms with Gasteiger partial charge in [0.2, 0.25) is 4.08 Å². The summed E-state index contributed by atoms with van der Waals surface area (Å²) in [4.78, 5) is 3.64. The number of thiol groups is 2. The average Bonchev–Trinajstić information content (AvgIpc) is 2.20. The first kappa shape index (κ1) is 12.1. The molecule has 0 radical (unpaired) electrons. The topological polar surface area (TPSA) is 101 Å². The van der Waals surface area contributed by atoms with Gasteiger partial charge in [-0.3, -0.25) is 4.98 Å².